The predicted molar refractivity (Wildman–Crippen MR) is 43.4 cm³/mol. The fraction of sp³-hybridized carbons (Fsp3) is 1.00. The third-order valence-corrected chi connectivity index (χ3v) is 2.21. The van der Waals surface area contributed by atoms with Gasteiger partial charge in [-0.1, -0.05) is 12.8 Å². The molecular weight excluding hydrogens is 142 g/mol. The van der Waals surface area contributed by atoms with Crippen LogP contribution in [0.25, 0.3) is 0 Å². The van der Waals surface area contributed by atoms with Crippen LogP contribution in [-0.4, -0.2) is 35.5 Å². The van der Waals surface area contributed by atoms with Crippen LogP contribution in [0.15, 0.2) is 0 Å². The summed E-state index contributed by atoms with van der Waals surface area (Å²) in [5.41, 5.74) is 0. The Morgan fingerprint density at radius 3 is 2.55 bits per heavy atom. The van der Waals surface area contributed by atoms with Gasteiger partial charge in [0.1, 0.15) is 0 Å². The second kappa shape index (κ2) is 4.70. The van der Waals surface area contributed by atoms with Crippen LogP contribution in [-0.2, 0) is 0 Å². The molecule has 0 saturated heterocycles. The van der Waals surface area contributed by atoms with Crippen molar-refractivity contribution in [2.45, 2.75) is 37.8 Å². The number of hydrogen-bond donors (Lipinski definition) is 3. The minimum Gasteiger partial charge on any atom is -0.394 e. The van der Waals surface area contributed by atoms with Crippen LogP contribution >= 0.6 is 0 Å². The lowest BCUT2D eigenvalue weighted by Gasteiger charge is -2.13. The lowest BCUT2D eigenvalue weighted by molar-refractivity contribution is 0.0920. The maximum Gasteiger partial charge on any atom is 0.0895 e. The van der Waals surface area contributed by atoms with Crippen molar-refractivity contribution in [2.75, 3.05) is 13.2 Å². The van der Waals surface area contributed by atoms with Gasteiger partial charge >= 0.3 is 0 Å². The molecule has 0 aromatic rings. The standard InChI is InChI=1S/C8H17NO2/c10-6-8(11)5-9-7-3-1-2-4-7/h7-11H,1-6H2. The summed E-state index contributed by atoms with van der Waals surface area (Å²) in [5.74, 6) is 0. The van der Waals surface area contributed by atoms with Crippen molar-refractivity contribution in [3.63, 3.8) is 0 Å². The fourth-order valence-electron chi connectivity index (χ4n) is 1.50. The summed E-state index contributed by atoms with van der Waals surface area (Å²) in [6.07, 6.45) is 4.45. The normalized spacial score (nSPS) is 22.4. The minimum absolute atomic E-state index is 0.139. The zero-order valence-corrected chi connectivity index (χ0v) is 6.79. The van der Waals surface area contributed by atoms with Crippen LogP contribution in [0.5, 0.6) is 0 Å². The Bertz CT molecular complexity index is 102. The van der Waals surface area contributed by atoms with E-state index >= 15 is 0 Å². The van der Waals surface area contributed by atoms with Crippen molar-refractivity contribution in [1.29, 1.82) is 0 Å². The molecule has 0 aromatic heterocycles. The van der Waals surface area contributed by atoms with Crippen molar-refractivity contribution < 1.29 is 10.2 Å². The van der Waals surface area contributed by atoms with Gasteiger partial charge in [-0.05, 0) is 12.8 Å². The summed E-state index contributed by atoms with van der Waals surface area (Å²) < 4.78 is 0. The topological polar surface area (TPSA) is 52.5 Å². The quantitative estimate of drug-likeness (QED) is 0.535. The molecule has 0 aliphatic heterocycles. The SMILES string of the molecule is OCC(O)CNC1CCCC1. The smallest absolute Gasteiger partial charge is 0.0895 e. The summed E-state index contributed by atoms with van der Waals surface area (Å²) in [5, 5.41) is 20.7. The van der Waals surface area contributed by atoms with E-state index in [4.69, 9.17) is 10.2 Å². The van der Waals surface area contributed by atoms with E-state index in [1.165, 1.54) is 25.7 Å². The van der Waals surface area contributed by atoms with Crippen LogP contribution in [0.1, 0.15) is 25.7 Å². The summed E-state index contributed by atoms with van der Waals surface area (Å²) in [6, 6.07) is 0.580. The Balaban J connectivity index is 2.01. The third kappa shape index (κ3) is 3.18. The molecule has 1 fully saturated rings. The van der Waals surface area contributed by atoms with Crippen LogP contribution in [0.2, 0.25) is 0 Å². The van der Waals surface area contributed by atoms with E-state index < -0.39 is 6.10 Å². The number of nitrogens with one attached hydrogen (secondary N) is 1. The van der Waals surface area contributed by atoms with Crippen LogP contribution in [0.3, 0.4) is 0 Å². The number of rotatable bonds is 4. The van der Waals surface area contributed by atoms with Crippen molar-refractivity contribution in [2.24, 2.45) is 0 Å². The van der Waals surface area contributed by atoms with Gasteiger partial charge < -0.3 is 15.5 Å². The molecule has 1 rings (SSSR count). The summed E-state index contributed by atoms with van der Waals surface area (Å²) in [7, 11) is 0. The first-order valence-electron chi connectivity index (χ1n) is 4.35. The van der Waals surface area contributed by atoms with Crippen LogP contribution < -0.4 is 5.32 Å². The van der Waals surface area contributed by atoms with E-state index in [1.54, 1.807) is 0 Å². The van der Waals surface area contributed by atoms with Gasteiger partial charge in [-0.3, -0.25) is 0 Å². The summed E-state index contributed by atoms with van der Waals surface area (Å²) >= 11 is 0. The Labute approximate surface area is 67.4 Å². The van der Waals surface area contributed by atoms with Gasteiger partial charge in [0.05, 0.1) is 12.7 Å². The summed E-state index contributed by atoms with van der Waals surface area (Å²) in [6.45, 7) is 0.390. The molecule has 1 atom stereocenters. The number of hydrogen-bond acceptors (Lipinski definition) is 3. The van der Waals surface area contributed by atoms with Crippen LogP contribution in [0.4, 0.5) is 0 Å². The van der Waals surface area contributed by atoms with E-state index in [0.29, 0.717) is 12.6 Å². The molecule has 0 radical (unpaired) electrons. The van der Waals surface area contributed by atoms with Crippen LogP contribution in [0, 0.1) is 0 Å². The molecule has 3 heteroatoms. The Morgan fingerprint density at radius 1 is 1.36 bits per heavy atom. The van der Waals surface area contributed by atoms with Crippen molar-refractivity contribution in [3.8, 4) is 0 Å². The molecule has 3 nitrogen and oxygen atoms in total. The highest BCUT2D eigenvalue weighted by molar-refractivity contribution is 4.74. The first-order valence-corrected chi connectivity index (χ1v) is 4.35. The van der Waals surface area contributed by atoms with Crippen molar-refractivity contribution in [1.82, 2.24) is 5.32 Å². The molecule has 1 unspecified atom stereocenters. The second-order valence-electron chi connectivity index (χ2n) is 3.23. The van der Waals surface area contributed by atoms with Gasteiger partial charge in [0, 0.05) is 12.6 Å². The van der Waals surface area contributed by atoms with Gasteiger partial charge in [0.25, 0.3) is 0 Å². The highest BCUT2D eigenvalue weighted by atomic mass is 16.3. The van der Waals surface area contributed by atoms with Gasteiger partial charge in [0.15, 0.2) is 0 Å². The Morgan fingerprint density at radius 2 is 2.00 bits per heavy atom. The molecule has 0 heterocycles. The molecule has 0 spiro atoms. The predicted octanol–water partition coefficient (Wildman–Crippen LogP) is -0.128. The highest BCUT2D eigenvalue weighted by Crippen LogP contribution is 2.17. The highest BCUT2D eigenvalue weighted by Gasteiger charge is 2.14. The second-order valence-corrected chi connectivity index (χ2v) is 3.23. The van der Waals surface area contributed by atoms with Gasteiger partial charge in [-0.25, -0.2) is 0 Å². The van der Waals surface area contributed by atoms with Gasteiger partial charge in [-0.2, -0.15) is 0 Å². The molecule has 0 aromatic carbocycles. The lowest BCUT2D eigenvalue weighted by Crippen LogP contribution is -2.35. The minimum atomic E-state index is -0.587. The molecule has 66 valence electrons. The Kier molecular flexibility index (Phi) is 3.83. The molecular formula is C8H17NO2. The number of aliphatic hydroxyl groups excluding tert-OH is 2. The third-order valence-electron chi connectivity index (χ3n) is 2.21. The van der Waals surface area contributed by atoms with Gasteiger partial charge in [0.2, 0.25) is 0 Å². The monoisotopic (exact) mass is 159 g/mol. The van der Waals surface area contributed by atoms with E-state index in [0.717, 1.165) is 0 Å². The largest absolute Gasteiger partial charge is 0.394 e. The lowest BCUT2D eigenvalue weighted by atomic mass is 10.2. The van der Waals surface area contributed by atoms with E-state index in [-0.39, 0.29) is 6.61 Å². The molecule has 0 amide bonds. The van der Waals surface area contributed by atoms with E-state index in [2.05, 4.69) is 5.32 Å². The molecule has 1 saturated carbocycles. The zero-order chi connectivity index (χ0) is 8.10. The van der Waals surface area contributed by atoms with Crippen molar-refractivity contribution in [3.05, 3.63) is 0 Å². The molecule has 1 aliphatic carbocycles. The average Bonchev–Trinajstić information content (AvgIpc) is 2.52. The molecule has 11 heavy (non-hydrogen) atoms. The van der Waals surface area contributed by atoms with E-state index in [9.17, 15) is 0 Å². The van der Waals surface area contributed by atoms with E-state index in [1.807, 2.05) is 0 Å². The molecule has 3 N–H and O–H groups in total. The van der Waals surface area contributed by atoms with Gasteiger partial charge in [-0.15, -0.1) is 0 Å². The maximum absolute atomic E-state index is 9.01. The number of aliphatic hydroxyl groups is 2. The Hall–Kier alpha value is -0.120. The first kappa shape index (κ1) is 8.97. The zero-order valence-electron chi connectivity index (χ0n) is 6.79. The molecule has 0 bridgehead atoms. The maximum atomic E-state index is 9.01. The summed E-state index contributed by atoms with van der Waals surface area (Å²) in [4.78, 5) is 0. The van der Waals surface area contributed by atoms with Crippen molar-refractivity contribution >= 4 is 0 Å². The average molecular weight is 159 g/mol. The fourth-order valence-corrected chi connectivity index (χ4v) is 1.50. The first-order chi connectivity index (χ1) is 5.33. The molecule has 1 aliphatic rings.